The highest BCUT2D eigenvalue weighted by Gasteiger charge is 2.40. The van der Waals surface area contributed by atoms with Crippen LogP contribution >= 0.6 is 0 Å². The van der Waals surface area contributed by atoms with E-state index < -0.39 is 24.8 Å². The average Bonchev–Trinajstić information content (AvgIpc) is 2.42. The lowest BCUT2D eigenvalue weighted by atomic mass is 10.1. The van der Waals surface area contributed by atoms with E-state index in [1.54, 1.807) is 0 Å². The van der Waals surface area contributed by atoms with Gasteiger partial charge in [0.2, 0.25) is 5.60 Å². The van der Waals surface area contributed by atoms with Crippen LogP contribution in [-0.4, -0.2) is 74.4 Å². The Balaban J connectivity index is 4.20. The first-order valence-electron chi connectivity index (χ1n) is 5.29. The minimum atomic E-state index is -2.27. The second-order valence-corrected chi connectivity index (χ2v) is 3.32. The van der Waals surface area contributed by atoms with Crippen molar-refractivity contribution >= 4 is 18.9 Å². The summed E-state index contributed by atoms with van der Waals surface area (Å²) in [5.41, 5.74) is -2.27. The van der Waals surface area contributed by atoms with E-state index in [2.05, 4.69) is 14.2 Å². The standard InChI is InChI=1S/C10H16O9/c11-1-2-16-3-4-19-9(14)10(15,5-17-7-12)6-18-8-13/h7-8,11,15H,1-6H2. The molecular formula is C10H16O9. The highest BCUT2D eigenvalue weighted by atomic mass is 16.6. The number of aliphatic hydroxyl groups is 2. The van der Waals surface area contributed by atoms with Crippen molar-refractivity contribution < 1.29 is 43.5 Å². The topological polar surface area (TPSA) is 129 Å². The van der Waals surface area contributed by atoms with Gasteiger partial charge in [-0.2, -0.15) is 0 Å². The molecular weight excluding hydrogens is 264 g/mol. The summed E-state index contributed by atoms with van der Waals surface area (Å²) in [5.74, 6) is -1.12. The fraction of sp³-hybridized carbons (Fsp3) is 0.700. The van der Waals surface area contributed by atoms with Gasteiger partial charge in [-0.25, -0.2) is 4.79 Å². The van der Waals surface area contributed by atoms with Crippen molar-refractivity contribution in [2.24, 2.45) is 0 Å². The van der Waals surface area contributed by atoms with Gasteiger partial charge in [0.05, 0.1) is 19.8 Å². The predicted octanol–water partition coefficient (Wildman–Crippen LogP) is -2.38. The van der Waals surface area contributed by atoms with Crippen molar-refractivity contribution in [1.29, 1.82) is 0 Å². The summed E-state index contributed by atoms with van der Waals surface area (Å²) in [6.07, 6.45) is 0. The highest BCUT2D eigenvalue weighted by Crippen LogP contribution is 2.09. The Bertz CT molecular complexity index is 266. The van der Waals surface area contributed by atoms with Gasteiger partial charge in [0.15, 0.2) is 0 Å². The molecule has 0 saturated heterocycles. The fourth-order valence-corrected chi connectivity index (χ4v) is 0.998. The van der Waals surface area contributed by atoms with E-state index in [-0.39, 0.29) is 39.4 Å². The first-order valence-corrected chi connectivity index (χ1v) is 5.29. The van der Waals surface area contributed by atoms with Crippen LogP contribution < -0.4 is 0 Å². The monoisotopic (exact) mass is 280 g/mol. The summed E-state index contributed by atoms with van der Waals surface area (Å²) in [4.78, 5) is 31.6. The zero-order chi connectivity index (χ0) is 14.6. The van der Waals surface area contributed by atoms with Crippen LogP contribution in [0.4, 0.5) is 0 Å². The van der Waals surface area contributed by atoms with Crippen LogP contribution in [0.3, 0.4) is 0 Å². The third-order valence-corrected chi connectivity index (χ3v) is 1.86. The highest BCUT2D eigenvalue weighted by molar-refractivity contribution is 5.80. The van der Waals surface area contributed by atoms with Crippen molar-refractivity contribution in [3.63, 3.8) is 0 Å². The molecule has 0 fully saturated rings. The molecule has 9 heteroatoms. The van der Waals surface area contributed by atoms with Gasteiger partial charge in [0.25, 0.3) is 12.9 Å². The Morgan fingerprint density at radius 1 is 1.05 bits per heavy atom. The molecule has 0 aliphatic rings. The summed E-state index contributed by atoms with van der Waals surface area (Å²) in [7, 11) is 0. The largest absolute Gasteiger partial charge is 0.464 e. The summed E-state index contributed by atoms with van der Waals surface area (Å²) in [6.45, 7) is -1.59. The molecule has 0 spiro atoms. The molecule has 2 N–H and O–H groups in total. The second-order valence-electron chi connectivity index (χ2n) is 3.32. The quantitative estimate of drug-likeness (QED) is 0.174. The van der Waals surface area contributed by atoms with Crippen molar-refractivity contribution in [1.82, 2.24) is 0 Å². The molecule has 110 valence electrons. The minimum Gasteiger partial charge on any atom is -0.464 e. The van der Waals surface area contributed by atoms with Crippen LogP contribution in [0.1, 0.15) is 0 Å². The molecule has 0 aromatic carbocycles. The van der Waals surface area contributed by atoms with Crippen LogP contribution in [0.25, 0.3) is 0 Å². The lowest BCUT2D eigenvalue weighted by Crippen LogP contribution is -2.49. The Kier molecular flexibility index (Phi) is 9.31. The van der Waals surface area contributed by atoms with E-state index >= 15 is 0 Å². The molecule has 0 aromatic rings. The second kappa shape index (κ2) is 10.2. The predicted molar refractivity (Wildman–Crippen MR) is 57.8 cm³/mol. The number of hydrogen-bond acceptors (Lipinski definition) is 9. The molecule has 0 amide bonds. The van der Waals surface area contributed by atoms with Gasteiger partial charge in [-0.3, -0.25) is 9.59 Å². The van der Waals surface area contributed by atoms with Gasteiger partial charge in [0, 0.05) is 0 Å². The molecule has 0 heterocycles. The molecule has 0 atom stereocenters. The molecule has 0 radical (unpaired) electrons. The van der Waals surface area contributed by atoms with Gasteiger partial charge in [-0.05, 0) is 0 Å². The number of rotatable bonds is 12. The maximum atomic E-state index is 11.5. The number of ether oxygens (including phenoxy) is 4. The lowest BCUT2D eigenvalue weighted by molar-refractivity contribution is -0.181. The lowest BCUT2D eigenvalue weighted by Gasteiger charge is -2.23. The van der Waals surface area contributed by atoms with Crippen LogP contribution in [0.15, 0.2) is 0 Å². The van der Waals surface area contributed by atoms with E-state index in [1.807, 2.05) is 0 Å². The zero-order valence-corrected chi connectivity index (χ0v) is 10.1. The molecule has 0 rings (SSSR count). The normalized spacial score (nSPS) is 10.6. The molecule has 0 aliphatic heterocycles. The first kappa shape index (κ1) is 17.3. The van der Waals surface area contributed by atoms with E-state index in [1.165, 1.54) is 0 Å². The molecule has 0 unspecified atom stereocenters. The number of hydrogen-bond donors (Lipinski definition) is 2. The fourth-order valence-electron chi connectivity index (χ4n) is 0.998. The Morgan fingerprint density at radius 3 is 2.11 bits per heavy atom. The van der Waals surface area contributed by atoms with Gasteiger partial charge < -0.3 is 29.2 Å². The Labute approximate surface area is 109 Å². The Hall–Kier alpha value is -1.71. The van der Waals surface area contributed by atoms with Crippen molar-refractivity contribution in [2.45, 2.75) is 5.60 Å². The van der Waals surface area contributed by atoms with Crippen LogP contribution in [0.5, 0.6) is 0 Å². The number of carbonyl (C=O) groups is 3. The van der Waals surface area contributed by atoms with Gasteiger partial charge in [0.1, 0.15) is 19.8 Å². The number of esters is 1. The third kappa shape index (κ3) is 7.34. The summed E-state index contributed by atoms with van der Waals surface area (Å²) >= 11 is 0. The SMILES string of the molecule is O=COCC(O)(COC=O)C(=O)OCCOCCO. The molecule has 0 bridgehead atoms. The molecule has 0 aliphatic carbocycles. The molecule has 9 nitrogen and oxygen atoms in total. The molecule has 0 saturated carbocycles. The van der Waals surface area contributed by atoms with Crippen LogP contribution in [0.2, 0.25) is 0 Å². The number of carbonyl (C=O) groups excluding carboxylic acids is 3. The van der Waals surface area contributed by atoms with Crippen molar-refractivity contribution in [3.8, 4) is 0 Å². The Morgan fingerprint density at radius 2 is 1.63 bits per heavy atom. The molecule has 19 heavy (non-hydrogen) atoms. The maximum Gasteiger partial charge on any atom is 0.345 e. The third-order valence-electron chi connectivity index (χ3n) is 1.86. The zero-order valence-electron chi connectivity index (χ0n) is 10.1. The summed E-state index contributed by atoms with van der Waals surface area (Å²) in [6, 6.07) is 0. The van der Waals surface area contributed by atoms with E-state index in [9.17, 15) is 19.5 Å². The van der Waals surface area contributed by atoms with Gasteiger partial charge >= 0.3 is 5.97 Å². The van der Waals surface area contributed by atoms with Crippen molar-refractivity contribution in [3.05, 3.63) is 0 Å². The van der Waals surface area contributed by atoms with E-state index in [0.29, 0.717) is 0 Å². The summed E-state index contributed by atoms with van der Waals surface area (Å²) in [5, 5.41) is 18.2. The first-order chi connectivity index (χ1) is 9.10. The maximum absolute atomic E-state index is 11.5. The summed E-state index contributed by atoms with van der Waals surface area (Å²) < 4.78 is 18.0. The van der Waals surface area contributed by atoms with E-state index in [0.717, 1.165) is 0 Å². The van der Waals surface area contributed by atoms with Crippen LogP contribution in [-0.2, 0) is 33.3 Å². The molecule has 0 aromatic heterocycles. The van der Waals surface area contributed by atoms with Crippen molar-refractivity contribution in [2.75, 3.05) is 39.6 Å². The van der Waals surface area contributed by atoms with E-state index in [4.69, 9.17) is 9.84 Å². The average molecular weight is 280 g/mol. The van der Waals surface area contributed by atoms with Gasteiger partial charge in [-0.15, -0.1) is 0 Å². The van der Waals surface area contributed by atoms with Crippen LogP contribution in [0, 0.1) is 0 Å². The number of aliphatic hydroxyl groups excluding tert-OH is 1. The van der Waals surface area contributed by atoms with Gasteiger partial charge in [-0.1, -0.05) is 0 Å². The minimum absolute atomic E-state index is 0.0193. The smallest absolute Gasteiger partial charge is 0.345 e.